The van der Waals surface area contributed by atoms with Crippen LogP contribution in [-0.4, -0.2) is 23.9 Å². The molecule has 1 heterocycles. The molecule has 0 spiro atoms. The number of fused-ring (bicyclic) bond motifs is 3. The van der Waals surface area contributed by atoms with Crippen LogP contribution in [0.15, 0.2) is 54.6 Å². The molecular weight excluding hydrogens is 332 g/mol. The summed E-state index contributed by atoms with van der Waals surface area (Å²) in [6, 6.07) is 15.2. The number of anilines is 1. The molecule has 2 aliphatic rings. The van der Waals surface area contributed by atoms with Crippen LogP contribution in [0, 0.1) is 12.8 Å². The number of amides is 1. The summed E-state index contributed by atoms with van der Waals surface area (Å²) in [5.41, 5.74) is 5.93. The summed E-state index contributed by atoms with van der Waals surface area (Å²) in [7, 11) is 0. The van der Waals surface area contributed by atoms with Crippen molar-refractivity contribution in [3.8, 4) is 0 Å². The normalized spacial score (nSPS) is 22.7. The number of allylic oxidation sites excluding steroid dienone is 2. The van der Waals surface area contributed by atoms with Crippen molar-refractivity contribution in [2.45, 2.75) is 39.2 Å². The van der Waals surface area contributed by atoms with E-state index in [1.807, 2.05) is 24.8 Å². The Kier molecular flexibility index (Phi) is 4.77. The van der Waals surface area contributed by atoms with Gasteiger partial charge in [-0.05, 0) is 68.0 Å². The zero-order chi connectivity index (χ0) is 19.0. The van der Waals surface area contributed by atoms with Crippen molar-refractivity contribution in [3.63, 3.8) is 0 Å². The molecule has 140 valence electrons. The Morgan fingerprint density at radius 2 is 1.89 bits per heavy atom. The van der Waals surface area contributed by atoms with Crippen LogP contribution in [-0.2, 0) is 0 Å². The molecule has 2 aromatic carbocycles. The van der Waals surface area contributed by atoms with E-state index in [0.717, 1.165) is 30.8 Å². The molecule has 1 aliphatic heterocycles. The second kappa shape index (κ2) is 7.22. The minimum absolute atomic E-state index is 0.127. The number of hydrogen-bond acceptors (Lipinski definition) is 2. The van der Waals surface area contributed by atoms with Gasteiger partial charge < -0.3 is 10.2 Å². The standard InChI is InChI=1S/C24H28N2O/c1-4-26(5-2)24(27)17-13-14-22-21(15-17)19-11-8-12-20(19)23(25-22)18-10-7-6-9-16(18)3/h6-11,13-15,19-20,23,25H,4-5,12H2,1-3H3. The van der Waals surface area contributed by atoms with E-state index in [2.05, 4.69) is 60.8 Å². The highest BCUT2D eigenvalue weighted by molar-refractivity contribution is 5.95. The van der Waals surface area contributed by atoms with Crippen LogP contribution in [0.4, 0.5) is 5.69 Å². The number of carbonyl (C=O) groups is 1. The summed E-state index contributed by atoms with van der Waals surface area (Å²) in [6.45, 7) is 7.74. The number of carbonyl (C=O) groups excluding carboxylic acids is 1. The van der Waals surface area contributed by atoms with Crippen LogP contribution in [0.1, 0.15) is 59.3 Å². The molecule has 2 aromatic rings. The summed E-state index contributed by atoms with van der Waals surface area (Å²) in [4.78, 5) is 14.7. The largest absolute Gasteiger partial charge is 0.378 e. The molecule has 1 N–H and O–H groups in total. The zero-order valence-corrected chi connectivity index (χ0v) is 16.4. The molecule has 3 heteroatoms. The highest BCUT2D eigenvalue weighted by atomic mass is 16.2. The molecule has 3 nitrogen and oxygen atoms in total. The number of nitrogens with one attached hydrogen (secondary N) is 1. The van der Waals surface area contributed by atoms with E-state index in [0.29, 0.717) is 17.9 Å². The van der Waals surface area contributed by atoms with Crippen LogP contribution < -0.4 is 5.32 Å². The number of hydrogen-bond donors (Lipinski definition) is 1. The van der Waals surface area contributed by atoms with Gasteiger partial charge in [-0.25, -0.2) is 0 Å². The first-order valence-corrected chi connectivity index (χ1v) is 10.1. The van der Waals surface area contributed by atoms with Gasteiger partial charge in [0.2, 0.25) is 0 Å². The van der Waals surface area contributed by atoms with Gasteiger partial charge in [0.15, 0.2) is 0 Å². The van der Waals surface area contributed by atoms with Gasteiger partial charge in [0.25, 0.3) is 5.91 Å². The second-order valence-corrected chi connectivity index (χ2v) is 7.61. The van der Waals surface area contributed by atoms with Gasteiger partial charge in [-0.2, -0.15) is 0 Å². The van der Waals surface area contributed by atoms with Crippen LogP contribution in [0.2, 0.25) is 0 Å². The van der Waals surface area contributed by atoms with Gasteiger partial charge in [-0.15, -0.1) is 0 Å². The van der Waals surface area contributed by atoms with Crippen molar-refractivity contribution < 1.29 is 4.79 Å². The molecule has 4 rings (SSSR count). The first kappa shape index (κ1) is 17.8. The lowest BCUT2D eigenvalue weighted by atomic mass is 9.76. The summed E-state index contributed by atoms with van der Waals surface area (Å²) in [5.74, 6) is 0.995. The number of rotatable bonds is 4. The lowest BCUT2D eigenvalue weighted by molar-refractivity contribution is 0.0773. The third kappa shape index (κ3) is 3.05. The lowest BCUT2D eigenvalue weighted by Gasteiger charge is -2.38. The Hall–Kier alpha value is -2.55. The molecule has 0 bridgehead atoms. The number of benzene rings is 2. The van der Waals surface area contributed by atoms with Crippen molar-refractivity contribution >= 4 is 11.6 Å². The number of aryl methyl sites for hydroxylation is 1. The van der Waals surface area contributed by atoms with Crippen LogP contribution in [0.3, 0.4) is 0 Å². The SMILES string of the molecule is CCN(CC)C(=O)c1ccc2c(c1)C1C=CCC1C(c1ccccc1C)N2. The maximum Gasteiger partial charge on any atom is 0.253 e. The molecule has 0 aromatic heterocycles. The quantitative estimate of drug-likeness (QED) is 0.750. The van der Waals surface area contributed by atoms with Gasteiger partial charge in [0.1, 0.15) is 0 Å². The van der Waals surface area contributed by atoms with Gasteiger partial charge >= 0.3 is 0 Å². The van der Waals surface area contributed by atoms with E-state index in [1.165, 1.54) is 16.7 Å². The smallest absolute Gasteiger partial charge is 0.253 e. The van der Waals surface area contributed by atoms with Gasteiger partial charge in [-0.1, -0.05) is 36.4 Å². The highest BCUT2D eigenvalue weighted by Gasteiger charge is 2.38. The molecule has 0 saturated carbocycles. The predicted octanol–water partition coefficient (Wildman–Crippen LogP) is 5.30. The van der Waals surface area contributed by atoms with E-state index in [9.17, 15) is 4.79 Å². The molecule has 27 heavy (non-hydrogen) atoms. The summed E-state index contributed by atoms with van der Waals surface area (Å²) in [5, 5.41) is 3.78. The third-order valence-electron chi connectivity index (χ3n) is 6.18. The Labute approximate surface area is 162 Å². The Balaban J connectivity index is 1.72. The average molecular weight is 361 g/mol. The lowest BCUT2D eigenvalue weighted by Crippen LogP contribution is -2.32. The van der Waals surface area contributed by atoms with E-state index < -0.39 is 0 Å². The van der Waals surface area contributed by atoms with Crippen molar-refractivity contribution in [1.82, 2.24) is 4.90 Å². The molecule has 1 aliphatic carbocycles. The van der Waals surface area contributed by atoms with Crippen molar-refractivity contribution in [2.75, 3.05) is 18.4 Å². The number of nitrogens with zero attached hydrogens (tertiary/aromatic N) is 1. The van der Waals surface area contributed by atoms with E-state index >= 15 is 0 Å². The fourth-order valence-corrected chi connectivity index (χ4v) is 4.66. The molecule has 1 amide bonds. The fraction of sp³-hybridized carbons (Fsp3) is 0.375. The highest BCUT2D eigenvalue weighted by Crippen LogP contribution is 2.50. The van der Waals surface area contributed by atoms with Crippen molar-refractivity contribution in [3.05, 3.63) is 76.9 Å². The monoisotopic (exact) mass is 360 g/mol. The Morgan fingerprint density at radius 1 is 1.11 bits per heavy atom. The van der Waals surface area contributed by atoms with Gasteiger partial charge in [0.05, 0.1) is 6.04 Å². The topological polar surface area (TPSA) is 32.3 Å². The summed E-state index contributed by atoms with van der Waals surface area (Å²) < 4.78 is 0. The Bertz CT molecular complexity index is 882. The predicted molar refractivity (Wildman–Crippen MR) is 111 cm³/mol. The molecular formula is C24H28N2O. The maximum atomic E-state index is 12.8. The van der Waals surface area contributed by atoms with Crippen molar-refractivity contribution in [2.24, 2.45) is 5.92 Å². The first-order valence-electron chi connectivity index (χ1n) is 10.1. The third-order valence-corrected chi connectivity index (χ3v) is 6.18. The van der Waals surface area contributed by atoms with E-state index in [-0.39, 0.29) is 5.91 Å². The van der Waals surface area contributed by atoms with Gasteiger partial charge in [-0.3, -0.25) is 4.79 Å². The van der Waals surface area contributed by atoms with Crippen molar-refractivity contribution in [1.29, 1.82) is 0 Å². The zero-order valence-electron chi connectivity index (χ0n) is 16.4. The average Bonchev–Trinajstić information content (AvgIpc) is 3.18. The molecule has 0 radical (unpaired) electrons. The maximum absolute atomic E-state index is 12.8. The molecule has 3 atom stereocenters. The van der Waals surface area contributed by atoms with E-state index in [1.54, 1.807) is 0 Å². The van der Waals surface area contributed by atoms with Crippen LogP contribution in [0.25, 0.3) is 0 Å². The fourth-order valence-electron chi connectivity index (χ4n) is 4.66. The molecule has 0 fully saturated rings. The molecule has 3 unspecified atom stereocenters. The van der Waals surface area contributed by atoms with Crippen LogP contribution >= 0.6 is 0 Å². The molecule has 0 saturated heterocycles. The van der Waals surface area contributed by atoms with Crippen LogP contribution in [0.5, 0.6) is 0 Å². The minimum atomic E-state index is 0.127. The minimum Gasteiger partial charge on any atom is -0.378 e. The first-order chi connectivity index (χ1) is 13.1. The summed E-state index contributed by atoms with van der Waals surface area (Å²) >= 11 is 0. The summed E-state index contributed by atoms with van der Waals surface area (Å²) in [6.07, 6.45) is 5.71. The van der Waals surface area contributed by atoms with Gasteiger partial charge in [0, 0.05) is 30.3 Å². The second-order valence-electron chi connectivity index (χ2n) is 7.61. The van der Waals surface area contributed by atoms with E-state index in [4.69, 9.17) is 0 Å². The Morgan fingerprint density at radius 3 is 2.63 bits per heavy atom.